The third-order valence-corrected chi connectivity index (χ3v) is 5.15. The molecular formula is C27H26N4O4. The SMILES string of the molecule is COCCNC(=O)c1cccc(Nc2c(Oc3cccc(C)c3)cnn(-c3ccccc3)c2=O)c1. The molecule has 8 heteroatoms. The summed E-state index contributed by atoms with van der Waals surface area (Å²) >= 11 is 0. The van der Waals surface area contributed by atoms with Crippen LogP contribution in [0.4, 0.5) is 11.4 Å². The van der Waals surface area contributed by atoms with Crippen LogP contribution in [-0.2, 0) is 4.74 Å². The molecule has 0 saturated carbocycles. The maximum absolute atomic E-state index is 13.5. The van der Waals surface area contributed by atoms with Gasteiger partial charge >= 0.3 is 0 Å². The Morgan fingerprint density at radius 3 is 2.57 bits per heavy atom. The van der Waals surface area contributed by atoms with Crippen LogP contribution in [0.15, 0.2) is 89.9 Å². The lowest BCUT2D eigenvalue weighted by molar-refractivity contribution is 0.0937. The van der Waals surface area contributed by atoms with Gasteiger partial charge in [-0.2, -0.15) is 9.78 Å². The molecule has 0 atom stereocenters. The van der Waals surface area contributed by atoms with Gasteiger partial charge in [-0.05, 0) is 55.0 Å². The zero-order chi connectivity index (χ0) is 24.6. The van der Waals surface area contributed by atoms with Gasteiger partial charge < -0.3 is 20.1 Å². The van der Waals surface area contributed by atoms with Gasteiger partial charge in [-0.25, -0.2) is 0 Å². The van der Waals surface area contributed by atoms with Gasteiger partial charge in [0.2, 0.25) is 0 Å². The van der Waals surface area contributed by atoms with Gasteiger partial charge in [-0.15, -0.1) is 0 Å². The molecule has 1 amide bonds. The minimum absolute atomic E-state index is 0.197. The minimum Gasteiger partial charge on any atom is -0.453 e. The van der Waals surface area contributed by atoms with Crippen molar-refractivity contribution in [2.24, 2.45) is 0 Å². The number of nitrogens with zero attached hydrogens (tertiary/aromatic N) is 2. The number of aromatic nitrogens is 2. The number of benzene rings is 3. The lowest BCUT2D eigenvalue weighted by Gasteiger charge is -2.15. The van der Waals surface area contributed by atoms with Crippen LogP contribution in [-0.4, -0.2) is 35.9 Å². The molecule has 0 fully saturated rings. The third-order valence-electron chi connectivity index (χ3n) is 5.15. The lowest BCUT2D eigenvalue weighted by atomic mass is 10.2. The van der Waals surface area contributed by atoms with Gasteiger partial charge in [0.1, 0.15) is 5.75 Å². The van der Waals surface area contributed by atoms with E-state index >= 15 is 0 Å². The van der Waals surface area contributed by atoms with E-state index in [0.717, 1.165) is 5.56 Å². The Balaban J connectivity index is 1.71. The van der Waals surface area contributed by atoms with Crippen molar-refractivity contribution < 1.29 is 14.3 Å². The fourth-order valence-corrected chi connectivity index (χ4v) is 3.44. The molecular weight excluding hydrogens is 444 g/mol. The first-order valence-corrected chi connectivity index (χ1v) is 11.1. The number of aryl methyl sites for hydroxylation is 1. The number of ether oxygens (including phenoxy) is 2. The summed E-state index contributed by atoms with van der Waals surface area (Å²) in [7, 11) is 1.57. The zero-order valence-electron chi connectivity index (χ0n) is 19.5. The molecule has 8 nitrogen and oxygen atoms in total. The molecule has 0 aliphatic heterocycles. The van der Waals surface area contributed by atoms with Gasteiger partial charge in [-0.3, -0.25) is 9.59 Å². The third kappa shape index (κ3) is 5.93. The number of amides is 1. The van der Waals surface area contributed by atoms with Crippen molar-refractivity contribution >= 4 is 17.3 Å². The van der Waals surface area contributed by atoms with Crippen molar-refractivity contribution in [2.45, 2.75) is 6.92 Å². The van der Waals surface area contributed by atoms with Crippen LogP contribution in [0.1, 0.15) is 15.9 Å². The Labute approximate surface area is 203 Å². The van der Waals surface area contributed by atoms with E-state index in [0.29, 0.717) is 35.8 Å². The predicted octanol–water partition coefficient (Wildman–Crippen LogP) is 4.45. The fourth-order valence-electron chi connectivity index (χ4n) is 3.44. The maximum atomic E-state index is 13.5. The van der Waals surface area contributed by atoms with E-state index in [1.807, 2.05) is 49.4 Å². The quantitative estimate of drug-likeness (QED) is 0.351. The van der Waals surface area contributed by atoms with E-state index in [2.05, 4.69) is 15.7 Å². The van der Waals surface area contributed by atoms with Gasteiger partial charge in [0.15, 0.2) is 11.4 Å². The second-order valence-electron chi connectivity index (χ2n) is 7.81. The van der Waals surface area contributed by atoms with E-state index in [-0.39, 0.29) is 17.3 Å². The molecule has 0 unspecified atom stereocenters. The topological polar surface area (TPSA) is 94.5 Å². The molecule has 4 rings (SSSR count). The molecule has 0 aliphatic carbocycles. The number of carbonyl (C=O) groups excluding carboxylic acids is 1. The smallest absolute Gasteiger partial charge is 0.299 e. The molecule has 178 valence electrons. The van der Waals surface area contributed by atoms with Crippen LogP contribution >= 0.6 is 0 Å². The molecule has 0 bridgehead atoms. The molecule has 0 spiro atoms. The monoisotopic (exact) mass is 470 g/mol. The molecule has 2 N–H and O–H groups in total. The molecule has 0 aliphatic rings. The first-order chi connectivity index (χ1) is 17.0. The second-order valence-corrected chi connectivity index (χ2v) is 7.81. The van der Waals surface area contributed by atoms with Crippen molar-refractivity contribution in [1.29, 1.82) is 0 Å². The van der Waals surface area contributed by atoms with Gasteiger partial charge in [0, 0.05) is 24.9 Å². The Kier molecular flexibility index (Phi) is 7.54. The summed E-state index contributed by atoms with van der Waals surface area (Å²) in [4.78, 5) is 26.0. The van der Waals surface area contributed by atoms with Crippen LogP contribution in [0.25, 0.3) is 5.69 Å². The van der Waals surface area contributed by atoms with Crippen LogP contribution < -0.4 is 20.9 Å². The molecule has 0 saturated heterocycles. The van der Waals surface area contributed by atoms with Crippen LogP contribution in [0, 0.1) is 6.92 Å². The van der Waals surface area contributed by atoms with Crippen molar-refractivity contribution in [2.75, 3.05) is 25.6 Å². The normalized spacial score (nSPS) is 10.6. The number of methoxy groups -OCH3 is 1. The molecule has 1 aromatic heterocycles. The Morgan fingerprint density at radius 1 is 1.00 bits per heavy atom. The highest BCUT2D eigenvalue weighted by Gasteiger charge is 2.16. The summed E-state index contributed by atoms with van der Waals surface area (Å²) in [5.74, 6) is 0.610. The molecule has 3 aromatic carbocycles. The minimum atomic E-state index is -0.392. The standard InChI is InChI=1S/C27H26N4O4/c1-19-8-6-13-23(16-19)35-24-18-29-31(22-11-4-3-5-12-22)27(33)25(24)30-21-10-7-9-20(17-21)26(32)28-14-15-34-2/h3-13,16-18,30H,14-15H2,1-2H3,(H,28,32). The molecule has 35 heavy (non-hydrogen) atoms. The average Bonchev–Trinajstić information content (AvgIpc) is 2.87. The van der Waals surface area contributed by atoms with E-state index < -0.39 is 5.56 Å². The van der Waals surface area contributed by atoms with Gasteiger partial charge in [0.05, 0.1) is 18.5 Å². The number of para-hydroxylation sites is 1. The maximum Gasteiger partial charge on any atom is 0.299 e. The first kappa shape index (κ1) is 23.7. The van der Waals surface area contributed by atoms with E-state index in [4.69, 9.17) is 9.47 Å². The summed E-state index contributed by atoms with van der Waals surface area (Å²) in [6.07, 6.45) is 1.50. The lowest BCUT2D eigenvalue weighted by Crippen LogP contribution is -2.27. The average molecular weight is 471 g/mol. The number of carbonyl (C=O) groups is 1. The predicted molar refractivity (Wildman–Crippen MR) is 135 cm³/mol. The second kappa shape index (κ2) is 11.1. The summed E-state index contributed by atoms with van der Waals surface area (Å²) in [5, 5.41) is 10.3. The summed E-state index contributed by atoms with van der Waals surface area (Å²) in [6.45, 7) is 2.77. The van der Waals surface area contributed by atoms with Crippen LogP contribution in [0.3, 0.4) is 0 Å². The van der Waals surface area contributed by atoms with Crippen LogP contribution in [0.2, 0.25) is 0 Å². The highest BCUT2D eigenvalue weighted by Crippen LogP contribution is 2.29. The number of hydrogen-bond donors (Lipinski definition) is 2. The van der Waals surface area contributed by atoms with Crippen LogP contribution in [0.5, 0.6) is 11.5 Å². The van der Waals surface area contributed by atoms with E-state index in [1.165, 1.54) is 10.9 Å². The number of anilines is 2. The van der Waals surface area contributed by atoms with Crippen molar-refractivity contribution in [3.8, 4) is 17.2 Å². The van der Waals surface area contributed by atoms with Gasteiger partial charge in [0.25, 0.3) is 11.5 Å². The van der Waals surface area contributed by atoms with Gasteiger partial charge in [-0.1, -0.05) is 36.4 Å². The Bertz CT molecular complexity index is 1370. The number of nitrogens with one attached hydrogen (secondary N) is 2. The number of rotatable bonds is 9. The van der Waals surface area contributed by atoms with Crippen molar-refractivity contribution in [3.63, 3.8) is 0 Å². The Hall–Kier alpha value is -4.43. The molecule has 0 radical (unpaired) electrons. The highest BCUT2D eigenvalue weighted by atomic mass is 16.5. The summed E-state index contributed by atoms with van der Waals surface area (Å²) in [6, 6.07) is 23.5. The largest absolute Gasteiger partial charge is 0.453 e. The zero-order valence-corrected chi connectivity index (χ0v) is 19.5. The number of hydrogen-bond acceptors (Lipinski definition) is 6. The van der Waals surface area contributed by atoms with E-state index in [1.54, 1.807) is 43.5 Å². The summed E-state index contributed by atoms with van der Waals surface area (Å²) < 4.78 is 12.3. The van der Waals surface area contributed by atoms with Crippen molar-refractivity contribution in [1.82, 2.24) is 15.1 Å². The molecule has 1 heterocycles. The summed E-state index contributed by atoms with van der Waals surface area (Å²) in [5.41, 5.74) is 2.45. The molecule has 4 aromatic rings. The van der Waals surface area contributed by atoms with E-state index in [9.17, 15) is 9.59 Å². The fraction of sp³-hybridized carbons (Fsp3) is 0.148. The van der Waals surface area contributed by atoms with Crippen molar-refractivity contribution in [3.05, 3.63) is 107 Å². The first-order valence-electron chi connectivity index (χ1n) is 11.1. The highest BCUT2D eigenvalue weighted by molar-refractivity contribution is 5.95. The Morgan fingerprint density at radius 2 is 1.80 bits per heavy atom.